The Hall–Kier alpha value is -2.60. The van der Waals surface area contributed by atoms with Crippen molar-refractivity contribution in [2.75, 3.05) is 11.9 Å². The maximum Gasteiger partial charge on any atom is 0.344 e. The second-order valence-corrected chi connectivity index (χ2v) is 5.95. The molecule has 2 aromatic rings. The largest absolute Gasteiger partial charge is 0.482 e. The van der Waals surface area contributed by atoms with Crippen molar-refractivity contribution < 1.29 is 19.1 Å². The van der Waals surface area contributed by atoms with Crippen LogP contribution in [0.3, 0.4) is 0 Å². The molecule has 1 amide bonds. The topological polar surface area (TPSA) is 77.5 Å². The van der Waals surface area contributed by atoms with E-state index < -0.39 is 18.0 Å². The zero-order valence-electron chi connectivity index (χ0n) is 14.2. The average molecular weight is 363 g/mol. The molecule has 0 saturated heterocycles. The Kier molecular flexibility index (Phi) is 6.36. The third-order valence-electron chi connectivity index (χ3n) is 3.49. The second-order valence-electron chi connectivity index (χ2n) is 5.52. The highest BCUT2D eigenvalue weighted by Crippen LogP contribution is 2.16. The van der Waals surface area contributed by atoms with E-state index in [1.807, 2.05) is 26.0 Å². The summed E-state index contributed by atoms with van der Waals surface area (Å²) in [6.07, 6.45) is 0.430. The van der Waals surface area contributed by atoms with E-state index in [0.717, 1.165) is 11.1 Å². The molecule has 0 saturated carbocycles. The van der Waals surface area contributed by atoms with Crippen LogP contribution in [0.1, 0.15) is 18.1 Å². The van der Waals surface area contributed by atoms with Crippen LogP contribution in [0.15, 0.2) is 36.5 Å². The Morgan fingerprint density at radius 2 is 1.96 bits per heavy atom. The molecule has 1 aromatic heterocycles. The first-order valence-corrected chi connectivity index (χ1v) is 8.05. The number of benzene rings is 1. The van der Waals surface area contributed by atoms with E-state index >= 15 is 0 Å². The van der Waals surface area contributed by atoms with E-state index in [4.69, 9.17) is 21.1 Å². The molecule has 1 aromatic carbocycles. The minimum atomic E-state index is -0.978. The maximum absolute atomic E-state index is 12.0. The summed E-state index contributed by atoms with van der Waals surface area (Å²) in [5.74, 6) is -0.231. The number of esters is 1. The molecule has 0 aliphatic heterocycles. The molecular weight excluding hydrogens is 344 g/mol. The van der Waals surface area contributed by atoms with Gasteiger partial charge in [-0.1, -0.05) is 17.7 Å². The number of hydrogen-bond acceptors (Lipinski definition) is 5. The average Bonchev–Trinajstić information content (AvgIpc) is 2.58. The fraction of sp³-hybridized carbons (Fsp3) is 0.278. The molecule has 0 bridgehead atoms. The lowest BCUT2D eigenvalue weighted by Gasteiger charge is -2.14. The van der Waals surface area contributed by atoms with Crippen molar-refractivity contribution in [2.45, 2.75) is 26.9 Å². The lowest BCUT2D eigenvalue weighted by atomic mass is 10.1. The van der Waals surface area contributed by atoms with E-state index in [1.165, 1.54) is 13.1 Å². The predicted molar refractivity (Wildman–Crippen MR) is 94.8 cm³/mol. The van der Waals surface area contributed by atoms with Gasteiger partial charge >= 0.3 is 5.97 Å². The number of nitrogens with one attached hydrogen (secondary N) is 1. The molecule has 1 heterocycles. The van der Waals surface area contributed by atoms with Crippen LogP contribution in [-0.2, 0) is 14.3 Å². The lowest BCUT2D eigenvalue weighted by Crippen LogP contribution is -2.31. The van der Waals surface area contributed by atoms with Crippen LogP contribution in [0.25, 0.3) is 0 Å². The number of pyridine rings is 1. The van der Waals surface area contributed by atoms with E-state index in [0.29, 0.717) is 16.6 Å². The second kappa shape index (κ2) is 8.48. The van der Waals surface area contributed by atoms with Crippen molar-refractivity contribution >= 4 is 29.3 Å². The van der Waals surface area contributed by atoms with Crippen molar-refractivity contribution in [3.63, 3.8) is 0 Å². The number of carbonyl (C=O) groups is 2. The molecule has 132 valence electrons. The first-order chi connectivity index (χ1) is 11.8. The number of nitrogens with zero attached hydrogens (tertiary/aromatic N) is 1. The number of rotatable bonds is 6. The highest BCUT2D eigenvalue weighted by atomic mass is 35.5. The fourth-order valence-electron chi connectivity index (χ4n) is 1.91. The summed E-state index contributed by atoms with van der Waals surface area (Å²) in [4.78, 5) is 27.7. The van der Waals surface area contributed by atoms with Gasteiger partial charge in [0.2, 0.25) is 0 Å². The van der Waals surface area contributed by atoms with Gasteiger partial charge in [0.05, 0.1) is 5.02 Å². The highest BCUT2D eigenvalue weighted by Gasteiger charge is 2.18. The van der Waals surface area contributed by atoms with Gasteiger partial charge in [-0.3, -0.25) is 4.79 Å². The van der Waals surface area contributed by atoms with Crippen molar-refractivity contribution in [3.8, 4) is 5.75 Å². The van der Waals surface area contributed by atoms with E-state index in [1.54, 1.807) is 18.2 Å². The van der Waals surface area contributed by atoms with Crippen LogP contribution in [-0.4, -0.2) is 29.6 Å². The predicted octanol–water partition coefficient (Wildman–Crippen LogP) is 3.30. The minimum Gasteiger partial charge on any atom is -0.482 e. The molecule has 0 unspecified atom stereocenters. The monoisotopic (exact) mass is 362 g/mol. The molecule has 0 aliphatic carbocycles. The normalized spacial score (nSPS) is 11.5. The fourth-order valence-corrected chi connectivity index (χ4v) is 2.02. The third-order valence-corrected chi connectivity index (χ3v) is 3.71. The third kappa shape index (κ3) is 5.76. The van der Waals surface area contributed by atoms with Gasteiger partial charge in [-0.05, 0) is 56.2 Å². The Bertz CT molecular complexity index is 762. The molecule has 1 atom stereocenters. The standard InChI is InChI=1S/C18H19ClN2O4/c1-11-4-6-15(8-12(11)2)24-10-17(22)25-13(3)18(23)21-16-7-5-14(19)9-20-16/h4-9,13H,10H2,1-3H3,(H,20,21,23)/t13-/m0/s1. The van der Waals surface area contributed by atoms with Crippen LogP contribution >= 0.6 is 11.6 Å². The quantitative estimate of drug-likeness (QED) is 0.798. The summed E-state index contributed by atoms with van der Waals surface area (Å²) in [6.45, 7) is 5.14. The Labute approximate surface area is 151 Å². The smallest absolute Gasteiger partial charge is 0.344 e. The van der Waals surface area contributed by atoms with Crippen LogP contribution in [0.4, 0.5) is 5.82 Å². The number of amides is 1. The molecule has 0 aliphatic rings. The lowest BCUT2D eigenvalue weighted by molar-refractivity contribution is -0.155. The van der Waals surface area contributed by atoms with E-state index in [-0.39, 0.29) is 6.61 Å². The molecule has 0 fully saturated rings. The van der Waals surface area contributed by atoms with Gasteiger partial charge in [0, 0.05) is 6.20 Å². The van der Waals surface area contributed by atoms with Gasteiger partial charge in [-0.2, -0.15) is 0 Å². The Morgan fingerprint density at radius 3 is 2.60 bits per heavy atom. The maximum atomic E-state index is 12.0. The molecule has 2 rings (SSSR count). The number of anilines is 1. The molecule has 6 nitrogen and oxygen atoms in total. The van der Waals surface area contributed by atoms with Crippen molar-refractivity contribution in [2.24, 2.45) is 0 Å². The van der Waals surface area contributed by atoms with Crippen molar-refractivity contribution in [1.82, 2.24) is 4.98 Å². The molecular formula is C18H19ClN2O4. The first kappa shape index (κ1) is 18.7. The van der Waals surface area contributed by atoms with Gasteiger partial charge in [0.25, 0.3) is 5.91 Å². The van der Waals surface area contributed by atoms with Crippen LogP contribution in [0.2, 0.25) is 5.02 Å². The summed E-state index contributed by atoms with van der Waals surface area (Å²) in [6, 6.07) is 8.67. The number of carbonyl (C=O) groups excluding carboxylic acids is 2. The zero-order valence-corrected chi connectivity index (χ0v) is 15.0. The molecule has 25 heavy (non-hydrogen) atoms. The first-order valence-electron chi connectivity index (χ1n) is 7.67. The summed E-state index contributed by atoms with van der Waals surface area (Å²) in [5.41, 5.74) is 2.20. The Balaban J connectivity index is 1.81. The number of aromatic nitrogens is 1. The zero-order chi connectivity index (χ0) is 18.4. The summed E-state index contributed by atoms with van der Waals surface area (Å²) in [5, 5.41) is 2.99. The van der Waals surface area contributed by atoms with Crippen LogP contribution < -0.4 is 10.1 Å². The van der Waals surface area contributed by atoms with E-state index in [9.17, 15) is 9.59 Å². The Morgan fingerprint density at radius 1 is 1.20 bits per heavy atom. The van der Waals surface area contributed by atoms with E-state index in [2.05, 4.69) is 10.3 Å². The summed E-state index contributed by atoms with van der Waals surface area (Å²) in [7, 11) is 0. The van der Waals surface area contributed by atoms with Gasteiger partial charge in [-0.25, -0.2) is 9.78 Å². The minimum absolute atomic E-state index is 0.278. The molecule has 0 spiro atoms. The number of ether oxygens (including phenoxy) is 2. The highest BCUT2D eigenvalue weighted by molar-refractivity contribution is 6.30. The van der Waals surface area contributed by atoms with Crippen molar-refractivity contribution in [1.29, 1.82) is 0 Å². The van der Waals surface area contributed by atoms with Crippen LogP contribution in [0, 0.1) is 13.8 Å². The van der Waals surface area contributed by atoms with Crippen molar-refractivity contribution in [3.05, 3.63) is 52.7 Å². The van der Waals surface area contributed by atoms with Gasteiger partial charge in [0.1, 0.15) is 11.6 Å². The summed E-state index contributed by atoms with van der Waals surface area (Å²) >= 11 is 5.72. The molecule has 7 heteroatoms. The molecule has 0 radical (unpaired) electrons. The van der Waals surface area contributed by atoms with Gasteiger partial charge in [0.15, 0.2) is 12.7 Å². The number of halogens is 1. The van der Waals surface area contributed by atoms with Gasteiger partial charge in [-0.15, -0.1) is 0 Å². The molecule has 1 N–H and O–H groups in total. The number of hydrogen-bond donors (Lipinski definition) is 1. The summed E-state index contributed by atoms with van der Waals surface area (Å²) < 4.78 is 10.4. The van der Waals surface area contributed by atoms with Crippen LogP contribution in [0.5, 0.6) is 5.75 Å². The number of aryl methyl sites for hydroxylation is 2. The van der Waals surface area contributed by atoms with Gasteiger partial charge < -0.3 is 14.8 Å². The SMILES string of the molecule is Cc1ccc(OCC(=O)O[C@@H](C)C(=O)Nc2ccc(Cl)cn2)cc1C.